The van der Waals surface area contributed by atoms with Crippen molar-refractivity contribution in [3.8, 4) is 11.5 Å². The van der Waals surface area contributed by atoms with Crippen LogP contribution in [0.15, 0.2) is 42.5 Å². The summed E-state index contributed by atoms with van der Waals surface area (Å²) in [5.41, 5.74) is -0.143. The molecule has 0 unspecified atom stereocenters. The number of hydrogen-bond acceptors (Lipinski definition) is 7. The van der Waals surface area contributed by atoms with Crippen LogP contribution in [0.25, 0.3) is 6.08 Å². The SMILES string of the molecule is CCOc1ccc(/C=C/C(=O)OCC(=O)Nc2cc([N+](=O)[O-])ccc2F)cc1OC. The second-order valence-corrected chi connectivity index (χ2v) is 5.75. The second-order valence-electron chi connectivity index (χ2n) is 5.75. The van der Waals surface area contributed by atoms with Gasteiger partial charge in [-0.3, -0.25) is 14.9 Å². The van der Waals surface area contributed by atoms with Crippen LogP contribution < -0.4 is 14.8 Å². The predicted molar refractivity (Wildman–Crippen MR) is 106 cm³/mol. The van der Waals surface area contributed by atoms with Crippen LogP contribution in [0.3, 0.4) is 0 Å². The van der Waals surface area contributed by atoms with Crippen molar-refractivity contribution in [3.05, 3.63) is 64.0 Å². The highest BCUT2D eigenvalue weighted by Gasteiger charge is 2.14. The van der Waals surface area contributed by atoms with E-state index in [-0.39, 0.29) is 5.69 Å². The fraction of sp³-hybridized carbons (Fsp3) is 0.200. The second kappa shape index (κ2) is 10.6. The zero-order valence-electron chi connectivity index (χ0n) is 16.2. The van der Waals surface area contributed by atoms with E-state index in [1.165, 1.54) is 13.2 Å². The number of carbonyl (C=O) groups is 2. The minimum Gasteiger partial charge on any atom is -0.493 e. The van der Waals surface area contributed by atoms with Gasteiger partial charge >= 0.3 is 5.97 Å². The molecule has 9 nitrogen and oxygen atoms in total. The number of esters is 1. The first-order chi connectivity index (χ1) is 14.3. The first-order valence-electron chi connectivity index (χ1n) is 8.73. The van der Waals surface area contributed by atoms with Gasteiger partial charge in [0, 0.05) is 18.2 Å². The number of anilines is 1. The first-order valence-corrected chi connectivity index (χ1v) is 8.73. The lowest BCUT2D eigenvalue weighted by atomic mass is 10.2. The number of nitro benzene ring substituents is 1. The summed E-state index contributed by atoms with van der Waals surface area (Å²) in [5, 5.41) is 12.8. The molecule has 0 radical (unpaired) electrons. The molecular formula is C20H19FN2O7. The quantitative estimate of drug-likeness (QED) is 0.287. The van der Waals surface area contributed by atoms with Crippen molar-refractivity contribution in [2.45, 2.75) is 6.92 Å². The zero-order valence-corrected chi connectivity index (χ0v) is 16.2. The standard InChI is InChI=1S/C20H19FN2O7/c1-3-29-17-8-4-13(10-18(17)28-2)5-9-20(25)30-12-19(24)22-16-11-14(23(26)27)6-7-15(16)21/h4-11H,3,12H2,1-2H3,(H,22,24)/b9-5+. The molecule has 0 aliphatic rings. The molecule has 1 amide bonds. The van der Waals surface area contributed by atoms with E-state index in [1.807, 2.05) is 6.92 Å². The molecule has 0 aliphatic heterocycles. The van der Waals surface area contributed by atoms with Gasteiger partial charge in [0.05, 0.1) is 24.3 Å². The molecule has 10 heteroatoms. The average Bonchev–Trinajstić information content (AvgIpc) is 2.73. The maximum atomic E-state index is 13.7. The normalized spacial score (nSPS) is 10.5. The summed E-state index contributed by atoms with van der Waals surface area (Å²) >= 11 is 0. The predicted octanol–water partition coefficient (Wildman–Crippen LogP) is 3.34. The Kier molecular flexibility index (Phi) is 7.86. The highest BCUT2D eigenvalue weighted by atomic mass is 19.1. The first kappa shape index (κ1) is 22.3. The number of halogens is 1. The summed E-state index contributed by atoms with van der Waals surface area (Å²) in [6.45, 7) is 1.62. The maximum absolute atomic E-state index is 13.7. The molecule has 0 bridgehead atoms. The third-order valence-corrected chi connectivity index (χ3v) is 3.68. The molecule has 0 fully saturated rings. The van der Waals surface area contributed by atoms with Crippen LogP contribution in [-0.2, 0) is 14.3 Å². The van der Waals surface area contributed by atoms with E-state index in [4.69, 9.17) is 14.2 Å². The zero-order chi connectivity index (χ0) is 22.1. The molecule has 0 saturated heterocycles. The Bertz CT molecular complexity index is 976. The molecule has 2 aromatic rings. The highest BCUT2D eigenvalue weighted by molar-refractivity contribution is 5.95. The molecule has 2 rings (SSSR count). The van der Waals surface area contributed by atoms with Gasteiger partial charge in [0.1, 0.15) is 5.82 Å². The van der Waals surface area contributed by atoms with Crippen LogP contribution in [-0.4, -0.2) is 37.1 Å². The largest absolute Gasteiger partial charge is 0.493 e. The number of ether oxygens (including phenoxy) is 3. The summed E-state index contributed by atoms with van der Waals surface area (Å²) in [5.74, 6) is -1.46. The van der Waals surface area contributed by atoms with Crippen LogP contribution in [0.5, 0.6) is 11.5 Å². The molecule has 0 spiro atoms. The minimum absolute atomic E-state index is 0.387. The lowest BCUT2D eigenvalue weighted by Crippen LogP contribution is -2.20. The van der Waals surface area contributed by atoms with Crippen LogP contribution in [0, 0.1) is 15.9 Å². The van der Waals surface area contributed by atoms with Gasteiger partial charge in [-0.2, -0.15) is 0 Å². The van der Waals surface area contributed by atoms with Gasteiger partial charge in [-0.1, -0.05) is 6.07 Å². The molecular weight excluding hydrogens is 399 g/mol. The molecule has 2 aromatic carbocycles. The lowest BCUT2D eigenvalue weighted by molar-refractivity contribution is -0.384. The summed E-state index contributed by atoms with van der Waals surface area (Å²) in [7, 11) is 1.49. The van der Waals surface area contributed by atoms with E-state index in [9.17, 15) is 24.1 Å². The Morgan fingerprint density at radius 1 is 1.20 bits per heavy atom. The molecule has 0 aromatic heterocycles. The van der Waals surface area contributed by atoms with Crippen LogP contribution >= 0.6 is 0 Å². The van der Waals surface area contributed by atoms with E-state index in [0.29, 0.717) is 23.7 Å². The Labute approximate surface area is 171 Å². The van der Waals surface area contributed by atoms with Gasteiger partial charge in [-0.25, -0.2) is 9.18 Å². The number of hydrogen-bond donors (Lipinski definition) is 1. The number of benzene rings is 2. The molecule has 1 N–H and O–H groups in total. The number of nitrogens with zero attached hydrogens (tertiary/aromatic N) is 1. The number of nitrogens with one attached hydrogen (secondary N) is 1. The van der Waals surface area contributed by atoms with Gasteiger partial charge < -0.3 is 19.5 Å². The van der Waals surface area contributed by atoms with E-state index in [2.05, 4.69) is 5.32 Å². The topological polar surface area (TPSA) is 117 Å². The molecule has 0 atom stereocenters. The van der Waals surface area contributed by atoms with Crippen LogP contribution in [0.2, 0.25) is 0 Å². The summed E-state index contributed by atoms with van der Waals surface area (Å²) in [6, 6.07) is 7.74. The fourth-order valence-electron chi connectivity index (χ4n) is 2.32. The fourth-order valence-corrected chi connectivity index (χ4v) is 2.32. The number of non-ortho nitro benzene ring substituents is 1. The Morgan fingerprint density at radius 3 is 2.63 bits per heavy atom. The number of carbonyl (C=O) groups excluding carboxylic acids is 2. The van der Waals surface area contributed by atoms with Crippen molar-refractivity contribution in [1.82, 2.24) is 0 Å². The monoisotopic (exact) mass is 418 g/mol. The van der Waals surface area contributed by atoms with E-state index < -0.39 is 34.9 Å². The van der Waals surface area contributed by atoms with Crippen LogP contribution in [0.4, 0.5) is 15.8 Å². The minimum atomic E-state index is -0.857. The smallest absolute Gasteiger partial charge is 0.331 e. The Balaban J connectivity index is 1.92. The molecule has 0 saturated carbocycles. The number of methoxy groups -OCH3 is 1. The Hall–Kier alpha value is -3.95. The summed E-state index contributed by atoms with van der Waals surface area (Å²) in [6.07, 6.45) is 2.56. The highest BCUT2D eigenvalue weighted by Crippen LogP contribution is 2.28. The van der Waals surface area contributed by atoms with Crippen molar-refractivity contribution >= 4 is 29.3 Å². The van der Waals surface area contributed by atoms with E-state index in [0.717, 1.165) is 24.3 Å². The van der Waals surface area contributed by atoms with Crippen molar-refractivity contribution in [3.63, 3.8) is 0 Å². The van der Waals surface area contributed by atoms with Gasteiger partial charge in [-0.15, -0.1) is 0 Å². The average molecular weight is 418 g/mol. The molecule has 0 aliphatic carbocycles. The molecule has 30 heavy (non-hydrogen) atoms. The van der Waals surface area contributed by atoms with Crippen molar-refractivity contribution in [1.29, 1.82) is 0 Å². The van der Waals surface area contributed by atoms with Gasteiger partial charge in [0.25, 0.3) is 11.6 Å². The molecule has 0 heterocycles. The van der Waals surface area contributed by atoms with Crippen molar-refractivity contribution in [2.75, 3.05) is 25.6 Å². The number of amides is 1. The van der Waals surface area contributed by atoms with Gasteiger partial charge in [0.2, 0.25) is 0 Å². The number of rotatable bonds is 9. The van der Waals surface area contributed by atoms with Crippen molar-refractivity contribution < 1.29 is 33.1 Å². The maximum Gasteiger partial charge on any atom is 0.331 e. The summed E-state index contributed by atoms with van der Waals surface area (Å²) in [4.78, 5) is 33.6. The van der Waals surface area contributed by atoms with E-state index >= 15 is 0 Å². The van der Waals surface area contributed by atoms with Crippen LogP contribution in [0.1, 0.15) is 12.5 Å². The third-order valence-electron chi connectivity index (χ3n) is 3.68. The molecule has 158 valence electrons. The van der Waals surface area contributed by atoms with E-state index in [1.54, 1.807) is 18.2 Å². The number of nitro groups is 1. The van der Waals surface area contributed by atoms with Crippen molar-refractivity contribution in [2.24, 2.45) is 0 Å². The lowest BCUT2D eigenvalue weighted by Gasteiger charge is -2.09. The third kappa shape index (κ3) is 6.30. The van der Waals surface area contributed by atoms with Gasteiger partial charge in [0.15, 0.2) is 18.1 Å². The van der Waals surface area contributed by atoms with Gasteiger partial charge in [-0.05, 0) is 36.8 Å². The Morgan fingerprint density at radius 2 is 1.97 bits per heavy atom. The summed E-state index contributed by atoms with van der Waals surface area (Å²) < 4.78 is 29.1.